The lowest BCUT2D eigenvalue weighted by atomic mass is 9.97. The van der Waals surface area contributed by atoms with E-state index in [1.807, 2.05) is 12.4 Å². The molecule has 0 saturated heterocycles. The number of pyridine rings is 1. The third-order valence-corrected chi connectivity index (χ3v) is 3.90. The van der Waals surface area contributed by atoms with Crippen LogP contribution in [0.25, 0.3) is 0 Å². The van der Waals surface area contributed by atoms with Gasteiger partial charge in [-0.15, -0.1) is 5.10 Å². The Morgan fingerprint density at radius 1 is 1.50 bits per heavy atom. The Balaban J connectivity index is 1.82. The van der Waals surface area contributed by atoms with Crippen LogP contribution in [0.15, 0.2) is 17.8 Å². The molecule has 0 fully saturated rings. The normalized spacial score (nSPS) is 14.2. The fourth-order valence-electron chi connectivity index (χ4n) is 2.44. The van der Waals surface area contributed by atoms with Gasteiger partial charge in [-0.05, 0) is 34.6 Å². The van der Waals surface area contributed by atoms with Crippen LogP contribution in [0.4, 0.5) is 0 Å². The fourth-order valence-corrected chi connectivity index (χ4v) is 2.87. The quantitative estimate of drug-likeness (QED) is 0.851. The molecular formula is C13H14N4O2S. The molecule has 6 nitrogen and oxygen atoms in total. The summed E-state index contributed by atoms with van der Waals surface area (Å²) in [5.41, 5.74) is 3.86. The molecule has 1 amide bonds. The van der Waals surface area contributed by atoms with Crippen molar-refractivity contribution < 1.29 is 9.53 Å². The van der Waals surface area contributed by atoms with Crippen molar-refractivity contribution in [3.05, 3.63) is 40.2 Å². The van der Waals surface area contributed by atoms with E-state index >= 15 is 0 Å². The molecule has 2 aromatic heterocycles. The van der Waals surface area contributed by atoms with E-state index in [-0.39, 0.29) is 5.91 Å². The van der Waals surface area contributed by atoms with Crippen molar-refractivity contribution in [3.63, 3.8) is 0 Å². The van der Waals surface area contributed by atoms with Gasteiger partial charge in [-0.25, -0.2) is 0 Å². The van der Waals surface area contributed by atoms with E-state index in [9.17, 15) is 4.79 Å². The molecule has 20 heavy (non-hydrogen) atoms. The van der Waals surface area contributed by atoms with Crippen molar-refractivity contribution in [2.24, 2.45) is 0 Å². The Kier molecular flexibility index (Phi) is 3.70. The number of carbonyl (C=O) groups is 1. The fraction of sp³-hybridized carbons (Fsp3) is 0.385. The summed E-state index contributed by atoms with van der Waals surface area (Å²) in [5.74, 6) is -0.0680. The molecule has 3 rings (SSSR count). The lowest BCUT2D eigenvalue weighted by Crippen LogP contribution is -2.36. The van der Waals surface area contributed by atoms with E-state index in [4.69, 9.17) is 4.74 Å². The van der Waals surface area contributed by atoms with Crippen LogP contribution < -0.4 is 0 Å². The number of fused-ring (bicyclic) bond motifs is 1. The molecule has 1 aliphatic heterocycles. The van der Waals surface area contributed by atoms with Gasteiger partial charge in [0.05, 0.1) is 6.61 Å². The first-order valence-electron chi connectivity index (χ1n) is 6.29. The molecular weight excluding hydrogens is 276 g/mol. The summed E-state index contributed by atoms with van der Waals surface area (Å²) in [6.45, 7) is 1.81. The van der Waals surface area contributed by atoms with Crippen molar-refractivity contribution in [1.29, 1.82) is 0 Å². The highest BCUT2D eigenvalue weighted by molar-refractivity contribution is 7.03. The topological polar surface area (TPSA) is 68.2 Å². The maximum Gasteiger partial charge on any atom is 0.275 e. The van der Waals surface area contributed by atoms with Gasteiger partial charge in [0, 0.05) is 38.0 Å². The van der Waals surface area contributed by atoms with Gasteiger partial charge < -0.3 is 9.64 Å². The smallest absolute Gasteiger partial charge is 0.275 e. The Morgan fingerprint density at radius 3 is 3.15 bits per heavy atom. The summed E-state index contributed by atoms with van der Waals surface area (Å²) in [7, 11) is 1.67. The molecule has 0 aromatic carbocycles. The number of methoxy groups -OCH3 is 1. The minimum absolute atomic E-state index is 0.0680. The van der Waals surface area contributed by atoms with Crippen LogP contribution in [-0.4, -0.2) is 39.0 Å². The zero-order valence-corrected chi connectivity index (χ0v) is 11.9. The van der Waals surface area contributed by atoms with Gasteiger partial charge >= 0.3 is 0 Å². The second-order valence-corrected chi connectivity index (χ2v) is 5.25. The van der Waals surface area contributed by atoms with Crippen LogP contribution in [0.3, 0.4) is 0 Å². The number of ether oxygens (including phenoxy) is 1. The highest BCUT2D eigenvalue weighted by Gasteiger charge is 2.24. The van der Waals surface area contributed by atoms with Crippen molar-refractivity contribution in [3.8, 4) is 0 Å². The molecule has 0 N–H and O–H groups in total. The molecule has 1 aliphatic rings. The molecule has 0 radical (unpaired) electrons. The molecule has 104 valence electrons. The summed E-state index contributed by atoms with van der Waals surface area (Å²) >= 11 is 1.19. The van der Waals surface area contributed by atoms with Crippen LogP contribution in [0.1, 0.15) is 27.2 Å². The van der Waals surface area contributed by atoms with Crippen molar-refractivity contribution in [2.75, 3.05) is 13.7 Å². The molecule has 0 unspecified atom stereocenters. The molecule has 0 bridgehead atoms. The number of hydrogen-bond acceptors (Lipinski definition) is 6. The first kappa shape index (κ1) is 13.1. The molecule has 3 heterocycles. The Morgan fingerprint density at radius 2 is 2.40 bits per heavy atom. The van der Waals surface area contributed by atoms with E-state index in [2.05, 4.69) is 14.6 Å². The van der Waals surface area contributed by atoms with Gasteiger partial charge in [-0.1, -0.05) is 4.49 Å². The van der Waals surface area contributed by atoms with Crippen LogP contribution >= 0.6 is 11.5 Å². The number of amides is 1. The lowest BCUT2D eigenvalue weighted by Gasteiger charge is -2.29. The number of aromatic nitrogens is 3. The first-order valence-corrected chi connectivity index (χ1v) is 7.13. The Bertz CT molecular complexity index is 615. The van der Waals surface area contributed by atoms with Crippen molar-refractivity contribution >= 4 is 17.4 Å². The van der Waals surface area contributed by atoms with Crippen molar-refractivity contribution in [1.82, 2.24) is 19.5 Å². The van der Waals surface area contributed by atoms with Crippen LogP contribution in [0.5, 0.6) is 0 Å². The van der Waals surface area contributed by atoms with Gasteiger partial charge in [0.1, 0.15) is 0 Å². The molecule has 0 spiro atoms. The Hall–Kier alpha value is -1.86. The maximum absolute atomic E-state index is 12.3. The second-order valence-electron chi connectivity index (χ2n) is 4.64. The lowest BCUT2D eigenvalue weighted by molar-refractivity contribution is 0.0727. The number of nitrogens with zero attached hydrogens (tertiary/aromatic N) is 4. The third kappa shape index (κ3) is 2.41. The second kappa shape index (κ2) is 5.64. The molecule has 0 atom stereocenters. The van der Waals surface area contributed by atoms with Crippen LogP contribution in [0, 0.1) is 0 Å². The summed E-state index contributed by atoms with van der Waals surface area (Å²) in [4.78, 5) is 18.3. The number of hydrogen-bond donors (Lipinski definition) is 0. The molecule has 7 heteroatoms. The van der Waals surface area contributed by atoms with Crippen LogP contribution in [-0.2, 0) is 24.3 Å². The first-order chi connectivity index (χ1) is 9.79. The van der Waals surface area contributed by atoms with E-state index in [1.165, 1.54) is 17.1 Å². The minimum Gasteiger partial charge on any atom is -0.380 e. The third-order valence-electron chi connectivity index (χ3n) is 3.40. The minimum atomic E-state index is -0.0680. The molecule has 0 saturated carbocycles. The van der Waals surface area contributed by atoms with Crippen molar-refractivity contribution in [2.45, 2.75) is 19.6 Å². The van der Waals surface area contributed by atoms with Gasteiger partial charge in [0.2, 0.25) is 0 Å². The van der Waals surface area contributed by atoms with E-state index in [1.54, 1.807) is 17.4 Å². The average Bonchev–Trinajstić information content (AvgIpc) is 3.01. The predicted octanol–water partition coefficient (Wildman–Crippen LogP) is 1.28. The van der Waals surface area contributed by atoms with E-state index in [0.29, 0.717) is 25.4 Å². The highest BCUT2D eigenvalue weighted by atomic mass is 32.1. The summed E-state index contributed by atoms with van der Waals surface area (Å²) < 4.78 is 8.93. The monoisotopic (exact) mass is 290 g/mol. The summed E-state index contributed by atoms with van der Waals surface area (Å²) in [5, 5.41) is 5.51. The van der Waals surface area contributed by atoms with Crippen LogP contribution in [0.2, 0.25) is 0 Å². The molecule has 0 aliphatic carbocycles. The standard InChI is InChI=1S/C13H14N4O2S/c1-19-7-10-5-14-4-9-6-17(3-2-11(9)10)13(18)12-8-20-16-15-12/h4-5,8H,2-3,6-7H2,1H3. The van der Waals surface area contributed by atoms with E-state index < -0.39 is 0 Å². The number of carbonyl (C=O) groups excluding carboxylic acids is 1. The average molecular weight is 290 g/mol. The molecule has 2 aromatic rings. The highest BCUT2D eigenvalue weighted by Crippen LogP contribution is 2.23. The summed E-state index contributed by atoms with van der Waals surface area (Å²) in [6.07, 6.45) is 4.48. The SMILES string of the molecule is COCc1cncc2c1CCN(C(=O)c1csnn1)C2. The maximum atomic E-state index is 12.3. The predicted molar refractivity (Wildman–Crippen MR) is 73.3 cm³/mol. The van der Waals surface area contributed by atoms with Gasteiger partial charge in [0.25, 0.3) is 5.91 Å². The zero-order chi connectivity index (χ0) is 13.9. The van der Waals surface area contributed by atoms with Gasteiger partial charge in [-0.3, -0.25) is 9.78 Å². The van der Waals surface area contributed by atoms with Gasteiger partial charge in [0.15, 0.2) is 5.69 Å². The zero-order valence-electron chi connectivity index (χ0n) is 11.1. The largest absolute Gasteiger partial charge is 0.380 e. The van der Waals surface area contributed by atoms with E-state index in [0.717, 1.165) is 17.5 Å². The Labute approximate surface area is 120 Å². The number of rotatable bonds is 3. The van der Waals surface area contributed by atoms with Gasteiger partial charge in [-0.2, -0.15) is 0 Å². The summed E-state index contributed by atoms with van der Waals surface area (Å²) in [6, 6.07) is 0.